The summed E-state index contributed by atoms with van der Waals surface area (Å²) in [5.74, 6) is -2.76. The Bertz CT molecular complexity index is 798. The van der Waals surface area contributed by atoms with E-state index in [-0.39, 0.29) is 5.56 Å². The first-order valence-corrected chi connectivity index (χ1v) is 9.09. The van der Waals surface area contributed by atoms with Crippen LogP contribution in [0.15, 0.2) is 29.4 Å². The van der Waals surface area contributed by atoms with Gasteiger partial charge in [0.1, 0.15) is 24.1 Å². The number of nitrogens with zero attached hydrogens (tertiary/aromatic N) is 1. The molecule has 3 saturated heterocycles. The van der Waals surface area contributed by atoms with Crippen LogP contribution in [0.5, 0.6) is 0 Å². The van der Waals surface area contributed by atoms with E-state index in [4.69, 9.17) is 23.7 Å². The van der Waals surface area contributed by atoms with Gasteiger partial charge in [0.15, 0.2) is 24.0 Å². The van der Waals surface area contributed by atoms with Crippen molar-refractivity contribution in [2.75, 3.05) is 0 Å². The first kappa shape index (κ1) is 19.4. The Kier molecular flexibility index (Phi) is 4.75. The van der Waals surface area contributed by atoms with E-state index < -0.39 is 54.0 Å². The van der Waals surface area contributed by atoms with Gasteiger partial charge < -0.3 is 23.7 Å². The molecule has 0 saturated carbocycles. The van der Waals surface area contributed by atoms with Gasteiger partial charge in [0.2, 0.25) is 0 Å². The molecule has 1 aromatic rings. The van der Waals surface area contributed by atoms with Gasteiger partial charge in [-0.1, -0.05) is 18.2 Å². The van der Waals surface area contributed by atoms with Gasteiger partial charge in [-0.3, -0.25) is 4.79 Å². The average Bonchev–Trinajstić information content (AvgIpc) is 3.09. The minimum absolute atomic E-state index is 0.251. The Labute approximate surface area is 161 Å². The lowest BCUT2D eigenvalue weighted by molar-refractivity contribution is -0.231. The third kappa shape index (κ3) is 3.68. The maximum absolute atomic E-state index is 13.7. The Hall–Kier alpha value is -1.91. The number of amides is 1. The topological polar surface area (TPSA) is 87.6 Å². The van der Waals surface area contributed by atoms with Crippen LogP contribution in [0.2, 0.25) is 0 Å². The number of carbonyl (C=O) groups excluding carboxylic acids is 1. The number of benzene rings is 1. The van der Waals surface area contributed by atoms with E-state index in [9.17, 15) is 9.18 Å². The molecule has 28 heavy (non-hydrogen) atoms. The summed E-state index contributed by atoms with van der Waals surface area (Å²) in [4.78, 5) is 12.7. The van der Waals surface area contributed by atoms with Crippen LogP contribution in [-0.2, 0) is 28.5 Å². The zero-order chi connectivity index (χ0) is 20.1. The first-order valence-electron chi connectivity index (χ1n) is 9.09. The molecule has 0 radical (unpaired) electrons. The number of hydrogen-bond acceptors (Lipinski definition) is 7. The van der Waals surface area contributed by atoms with Crippen LogP contribution < -0.4 is 5.43 Å². The summed E-state index contributed by atoms with van der Waals surface area (Å²) in [5, 5.41) is 3.83. The summed E-state index contributed by atoms with van der Waals surface area (Å²) in [6.07, 6.45) is -2.33. The smallest absolute Gasteiger partial charge is 0.272 e. The second kappa shape index (κ2) is 6.85. The standard InChI is InChI=1S/C19H23FN2O6/c1-18(2)25-12-13(26-18)15-17(28-19(3,4)27-15)24-14(12)16(23)22-21-9-10-7-5-6-8-11(10)20/h5-9,12-15,17H,1-4H3,(H,22,23)/b21-9-/t12-,13+,14+,15-,17-/m1/s1. The molecule has 3 aliphatic heterocycles. The van der Waals surface area contributed by atoms with Crippen LogP contribution >= 0.6 is 0 Å². The normalized spacial score (nSPS) is 35.5. The van der Waals surface area contributed by atoms with Crippen LogP contribution in [0.4, 0.5) is 4.39 Å². The van der Waals surface area contributed by atoms with E-state index in [0.29, 0.717) is 0 Å². The molecule has 0 unspecified atom stereocenters. The van der Waals surface area contributed by atoms with E-state index >= 15 is 0 Å². The fraction of sp³-hybridized carbons (Fsp3) is 0.579. The van der Waals surface area contributed by atoms with Gasteiger partial charge >= 0.3 is 0 Å². The Morgan fingerprint density at radius 1 is 1.04 bits per heavy atom. The van der Waals surface area contributed by atoms with Crippen LogP contribution in [0.3, 0.4) is 0 Å². The van der Waals surface area contributed by atoms with Crippen LogP contribution in [0.25, 0.3) is 0 Å². The number of rotatable bonds is 3. The Balaban J connectivity index is 1.50. The van der Waals surface area contributed by atoms with E-state index in [0.717, 1.165) is 0 Å². The molecule has 0 bridgehead atoms. The average molecular weight is 394 g/mol. The molecule has 1 aromatic carbocycles. The minimum Gasteiger partial charge on any atom is -0.342 e. The van der Waals surface area contributed by atoms with Gasteiger partial charge in [-0.15, -0.1) is 0 Å². The summed E-state index contributed by atoms with van der Waals surface area (Å²) < 4.78 is 43.0. The van der Waals surface area contributed by atoms with Crippen molar-refractivity contribution >= 4 is 12.1 Å². The van der Waals surface area contributed by atoms with Gasteiger partial charge in [-0.25, -0.2) is 9.82 Å². The SMILES string of the molecule is CC1(C)O[C@H]2[C@@H](O1)[C@@H](C(=O)N/N=C\c1ccccc1F)O[C@@H]1OC(C)(C)O[C@@H]12. The van der Waals surface area contributed by atoms with Gasteiger partial charge in [0.25, 0.3) is 5.91 Å². The molecule has 0 spiro atoms. The number of hydrazone groups is 1. The Morgan fingerprint density at radius 2 is 1.68 bits per heavy atom. The number of halogens is 1. The molecule has 0 aromatic heterocycles. The molecular weight excluding hydrogens is 371 g/mol. The van der Waals surface area contributed by atoms with Crippen LogP contribution in [0, 0.1) is 5.82 Å². The predicted octanol–water partition coefficient (Wildman–Crippen LogP) is 1.67. The van der Waals surface area contributed by atoms with Crippen molar-refractivity contribution in [2.24, 2.45) is 5.10 Å². The molecule has 4 rings (SSSR count). The number of fused-ring (bicyclic) bond motifs is 3. The van der Waals surface area contributed by atoms with Crippen LogP contribution in [0.1, 0.15) is 33.3 Å². The molecule has 3 aliphatic rings. The lowest BCUT2D eigenvalue weighted by Gasteiger charge is -2.36. The highest BCUT2D eigenvalue weighted by molar-refractivity contribution is 5.85. The summed E-state index contributed by atoms with van der Waals surface area (Å²) in [6.45, 7) is 7.04. The zero-order valence-corrected chi connectivity index (χ0v) is 16.0. The van der Waals surface area contributed by atoms with Gasteiger partial charge in [0.05, 0.1) is 6.21 Å². The minimum atomic E-state index is -1.02. The maximum atomic E-state index is 13.7. The summed E-state index contributed by atoms with van der Waals surface area (Å²) in [5.41, 5.74) is 2.63. The molecular formula is C19H23FN2O6. The van der Waals surface area contributed by atoms with E-state index in [1.165, 1.54) is 12.3 Å². The van der Waals surface area contributed by atoms with Crippen molar-refractivity contribution in [3.63, 3.8) is 0 Å². The molecule has 3 heterocycles. The third-order valence-electron chi connectivity index (χ3n) is 4.70. The molecule has 5 atom stereocenters. The van der Waals surface area contributed by atoms with Crippen molar-refractivity contribution < 1.29 is 32.9 Å². The van der Waals surface area contributed by atoms with E-state index in [1.54, 1.807) is 45.9 Å². The van der Waals surface area contributed by atoms with Crippen molar-refractivity contribution in [3.8, 4) is 0 Å². The monoisotopic (exact) mass is 394 g/mol. The highest BCUT2D eigenvalue weighted by atomic mass is 19.1. The third-order valence-corrected chi connectivity index (χ3v) is 4.70. The van der Waals surface area contributed by atoms with Gasteiger partial charge in [-0.05, 0) is 33.8 Å². The summed E-state index contributed by atoms with van der Waals surface area (Å²) in [6, 6.07) is 6.10. The van der Waals surface area contributed by atoms with Crippen molar-refractivity contribution in [1.29, 1.82) is 0 Å². The fourth-order valence-corrected chi connectivity index (χ4v) is 3.63. The maximum Gasteiger partial charge on any atom is 0.272 e. The molecule has 3 fully saturated rings. The molecule has 8 nitrogen and oxygen atoms in total. The van der Waals surface area contributed by atoms with Crippen molar-refractivity contribution in [2.45, 2.75) is 70.0 Å². The second-order valence-corrected chi connectivity index (χ2v) is 7.85. The molecule has 9 heteroatoms. The lowest BCUT2D eigenvalue weighted by atomic mass is 9.98. The Morgan fingerprint density at radius 3 is 2.43 bits per heavy atom. The molecule has 0 aliphatic carbocycles. The highest BCUT2D eigenvalue weighted by Gasteiger charge is 2.62. The van der Waals surface area contributed by atoms with Gasteiger partial charge in [0, 0.05) is 5.56 Å². The largest absolute Gasteiger partial charge is 0.342 e. The lowest BCUT2D eigenvalue weighted by Crippen LogP contribution is -2.59. The zero-order valence-electron chi connectivity index (χ0n) is 16.0. The van der Waals surface area contributed by atoms with E-state index in [2.05, 4.69) is 10.5 Å². The predicted molar refractivity (Wildman–Crippen MR) is 94.7 cm³/mol. The molecule has 152 valence electrons. The highest BCUT2D eigenvalue weighted by Crippen LogP contribution is 2.44. The quantitative estimate of drug-likeness (QED) is 0.620. The summed E-state index contributed by atoms with van der Waals surface area (Å²) >= 11 is 0. The molecule has 1 amide bonds. The fourth-order valence-electron chi connectivity index (χ4n) is 3.63. The van der Waals surface area contributed by atoms with Crippen molar-refractivity contribution in [3.05, 3.63) is 35.6 Å². The number of ether oxygens (including phenoxy) is 5. The number of hydrogen-bond donors (Lipinski definition) is 1. The number of nitrogens with one attached hydrogen (secondary N) is 1. The van der Waals surface area contributed by atoms with E-state index in [1.807, 2.05) is 0 Å². The van der Waals surface area contributed by atoms with Crippen molar-refractivity contribution in [1.82, 2.24) is 5.43 Å². The number of carbonyl (C=O) groups is 1. The molecule has 1 N–H and O–H groups in total. The second-order valence-electron chi connectivity index (χ2n) is 7.85. The summed E-state index contributed by atoms with van der Waals surface area (Å²) in [7, 11) is 0. The first-order chi connectivity index (χ1) is 13.2. The van der Waals surface area contributed by atoms with Crippen LogP contribution in [-0.4, -0.2) is 54.4 Å². The van der Waals surface area contributed by atoms with Gasteiger partial charge in [-0.2, -0.15) is 5.10 Å².